The topological polar surface area (TPSA) is 29.3 Å². The summed E-state index contributed by atoms with van der Waals surface area (Å²) in [6.45, 7) is 7.29. The summed E-state index contributed by atoms with van der Waals surface area (Å²) in [7, 11) is 2.16. The van der Waals surface area contributed by atoms with Gasteiger partial charge in [0.25, 0.3) is 0 Å². The van der Waals surface area contributed by atoms with Crippen LogP contribution in [0.1, 0.15) is 33.8 Å². The standard InChI is InChI=1S/C17H24N2S/c1-12-6-5-7-15(10-12)11-19(4)17(14(3)18)16-9-8-13(2)20-16/h5-10,14,17H,11,18H2,1-4H3. The first-order valence-electron chi connectivity index (χ1n) is 7.05. The van der Waals surface area contributed by atoms with Crippen LogP contribution in [-0.2, 0) is 6.54 Å². The van der Waals surface area contributed by atoms with Crippen LogP contribution < -0.4 is 5.73 Å². The van der Waals surface area contributed by atoms with Crippen molar-refractivity contribution in [3.05, 3.63) is 57.3 Å². The molecule has 3 heteroatoms. The van der Waals surface area contributed by atoms with Crippen molar-refractivity contribution in [2.75, 3.05) is 7.05 Å². The summed E-state index contributed by atoms with van der Waals surface area (Å²) in [6.07, 6.45) is 0. The molecule has 1 heterocycles. The van der Waals surface area contributed by atoms with Crippen molar-refractivity contribution >= 4 is 11.3 Å². The third-order valence-electron chi connectivity index (χ3n) is 3.54. The van der Waals surface area contributed by atoms with E-state index < -0.39 is 0 Å². The van der Waals surface area contributed by atoms with Gasteiger partial charge in [0.05, 0.1) is 6.04 Å². The molecule has 0 radical (unpaired) electrons. The second-order valence-electron chi connectivity index (χ2n) is 5.66. The van der Waals surface area contributed by atoms with E-state index in [0.29, 0.717) is 0 Å². The molecule has 1 aromatic carbocycles. The number of rotatable bonds is 5. The number of hydrogen-bond donors (Lipinski definition) is 1. The van der Waals surface area contributed by atoms with Crippen LogP contribution in [0.2, 0.25) is 0 Å². The minimum atomic E-state index is 0.114. The van der Waals surface area contributed by atoms with Crippen LogP contribution in [-0.4, -0.2) is 18.0 Å². The molecule has 2 N–H and O–H groups in total. The van der Waals surface area contributed by atoms with Crippen molar-refractivity contribution in [2.45, 2.75) is 39.4 Å². The average molecular weight is 288 g/mol. The van der Waals surface area contributed by atoms with E-state index in [1.807, 2.05) is 11.3 Å². The highest BCUT2D eigenvalue weighted by atomic mass is 32.1. The largest absolute Gasteiger partial charge is 0.326 e. The maximum atomic E-state index is 6.23. The fourth-order valence-electron chi connectivity index (χ4n) is 2.69. The van der Waals surface area contributed by atoms with Gasteiger partial charge in [-0.25, -0.2) is 0 Å². The molecule has 0 aliphatic rings. The van der Waals surface area contributed by atoms with Gasteiger partial charge in [0.1, 0.15) is 0 Å². The molecular weight excluding hydrogens is 264 g/mol. The van der Waals surface area contributed by atoms with Crippen LogP contribution >= 0.6 is 11.3 Å². The normalized spacial score (nSPS) is 14.5. The fourth-order valence-corrected chi connectivity index (χ4v) is 3.85. The summed E-state index contributed by atoms with van der Waals surface area (Å²) in [5, 5.41) is 0. The number of nitrogens with two attached hydrogens (primary N) is 1. The number of hydrogen-bond acceptors (Lipinski definition) is 3. The Morgan fingerprint density at radius 2 is 1.95 bits per heavy atom. The van der Waals surface area contributed by atoms with Crippen molar-refractivity contribution in [1.82, 2.24) is 4.90 Å². The lowest BCUT2D eigenvalue weighted by Crippen LogP contribution is -2.36. The van der Waals surface area contributed by atoms with Crippen molar-refractivity contribution < 1.29 is 0 Å². The molecule has 2 rings (SSSR count). The van der Waals surface area contributed by atoms with Gasteiger partial charge in [-0.15, -0.1) is 11.3 Å². The van der Waals surface area contributed by atoms with Gasteiger partial charge in [-0.05, 0) is 45.5 Å². The Morgan fingerprint density at radius 1 is 1.20 bits per heavy atom. The molecule has 0 aliphatic carbocycles. The van der Waals surface area contributed by atoms with Crippen LogP contribution in [0, 0.1) is 13.8 Å². The molecule has 2 aromatic rings. The molecule has 1 aromatic heterocycles. The molecular formula is C17H24N2S. The maximum absolute atomic E-state index is 6.23. The molecule has 2 atom stereocenters. The van der Waals surface area contributed by atoms with Crippen molar-refractivity contribution in [3.8, 4) is 0 Å². The summed E-state index contributed by atoms with van der Waals surface area (Å²) in [4.78, 5) is 5.05. The highest BCUT2D eigenvalue weighted by molar-refractivity contribution is 7.12. The Bertz CT molecular complexity index is 560. The third kappa shape index (κ3) is 3.69. The Hall–Kier alpha value is -1.16. The Morgan fingerprint density at radius 3 is 2.50 bits per heavy atom. The molecule has 0 saturated carbocycles. The van der Waals surface area contributed by atoms with E-state index in [1.54, 1.807) is 0 Å². The lowest BCUT2D eigenvalue weighted by Gasteiger charge is -2.30. The SMILES string of the molecule is Cc1cccc(CN(C)C(c2ccc(C)s2)C(C)N)c1. The minimum absolute atomic E-state index is 0.114. The minimum Gasteiger partial charge on any atom is -0.326 e. The van der Waals surface area contributed by atoms with E-state index in [9.17, 15) is 0 Å². The van der Waals surface area contributed by atoms with E-state index in [1.165, 1.54) is 20.9 Å². The van der Waals surface area contributed by atoms with Crippen LogP contribution in [0.3, 0.4) is 0 Å². The second-order valence-corrected chi connectivity index (χ2v) is 6.98. The Kier molecular flexibility index (Phi) is 4.97. The quantitative estimate of drug-likeness (QED) is 0.904. The fraction of sp³-hybridized carbons (Fsp3) is 0.412. The number of nitrogens with zero attached hydrogens (tertiary/aromatic N) is 1. The molecule has 0 spiro atoms. The van der Waals surface area contributed by atoms with E-state index in [0.717, 1.165) is 6.54 Å². The highest BCUT2D eigenvalue weighted by Gasteiger charge is 2.22. The number of aryl methyl sites for hydroxylation is 2. The van der Waals surface area contributed by atoms with Crippen molar-refractivity contribution in [3.63, 3.8) is 0 Å². The molecule has 20 heavy (non-hydrogen) atoms. The van der Waals surface area contributed by atoms with E-state index in [-0.39, 0.29) is 12.1 Å². The van der Waals surface area contributed by atoms with E-state index >= 15 is 0 Å². The number of likely N-dealkylation sites (N-methyl/N-ethyl adjacent to an activating group) is 1. The molecule has 0 amide bonds. The first-order chi connectivity index (χ1) is 9.47. The molecule has 2 unspecified atom stereocenters. The van der Waals surface area contributed by atoms with Gasteiger partial charge in [-0.3, -0.25) is 4.90 Å². The Labute approximate surface area is 126 Å². The Balaban J connectivity index is 2.17. The van der Waals surface area contributed by atoms with E-state index in [4.69, 9.17) is 5.73 Å². The summed E-state index contributed by atoms with van der Waals surface area (Å²) >= 11 is 1.84. The van der Waals surface area contributed by atoms with Gasteiger partial charge in [0, 0.05) is 22.3 Å². The lowest BCUT2D eigenvalue weighted by atomic mass is 10.1. The molecule has 2 nitrogen and oxygen atoms in total. The summed E-state index contributed by atoms with van der Waals surface area (Å²) in [5.41, 5.74) is 8.87. The van der Waals surface area contributed by atoms with Crippen molar-refractivity contribution in [1.29, 1.82) is 0 Å². The number of benzene rings is 1. The smallest absolute Gasteiger partial charge is 0.0591 e. The van der Waals surface area contributed by atoms with Crippen LogP contribution in [0.25, 0.3) is 0 Å². The maximum Gasteiger partial charge on any atom is 0.0591 e. The molecule has 0 saturated heterocycles. The molecule has 0 bridgehead atoms. The van der Waals surface area contributed by atoms with Crippen LogP contribution in [0.5, 0.6) is 0 Å². The van der Waals surface area contributed by atoms with Gasteiger partial charge in [0.15, 0.2) is 0 Å². The predicted molar refractivity (Wildman–Crippen MR) is 88.1 cm³/mol. The zero-order valence-electron chi connectivity index (χ0n) is 12.8. The first-order valence-corrected chi connectivity index (χ1v) is 7.86. The van der Waals surface area contributed by atoms with Gasteiger partial charge >= 0.3 is 0 Å². The van der Waals surface area contributed by atoms with E-state index in [2.05, 4.69) is 69.1 Å². The van der Waals surface area contributed by atoms with Crippen LogP contribution in [0.4, 0.5) is 0 Å². The molecule has 0 aliphatic heterocycles. The molecule has 0 fully saturated rings. The molecule has 108 valence electrons. The lowest BCUT2D eigenvalue weighted by molar-refractivity contribution is 0.214. The van der Waals surface area contributed by atoms with Gasteiger partial charge < -0.3 is 5.73 Å². The predicted octanol–water partition coefficient (Wildman–Crippen LogP) is 3.89. The highest BCUT2D eigenvalue weighted by Crippen LogP contribution is 2.29. The van der Waals surface area contributed by atoms with Crippen LogP contribution in [0.15, 0.2) is 36.4 Å². The van der Waals surface area contributed by atoms with Gasteiger partial charge in [0.2, 0.25) is 0 Å². The summed E-state index contributed by atoms with van der Waals surface area (Å²) in [6, 6.07) is 13.5. The van der Waals surface area contributed by atoms with Gasteiger partial charge in [-0.2, -0.15) is 0 Å². The van der Waals surface area contributed by atoms with Gasteiger partial charge in [-0.1, -0.05) is 29.8 Å². The monoisotopic (exact) mass is 288 g/mol. The average Bonchev–Trinajstić information content (AvgIpc) is 2.75. The number of thiophene rings is 1. The summed E-state index contributed by atoms with van der Waals surface area (Å²) < 4.78 is 0. The zero-order valence-corrected chi connectivity index (χ0v) is 13.6. The first kappa shape index (κ1) is 15.2. The zero-order chi connectivity index (χ0) is 14.7. The summed E-state index contributed by atoms with van der Waals surface area (Å²) in [5.74, 6) is 0. The third-order valence-corrected chi connectivity index (χ3v) is 4.61. The second kappa shape index (κ2) is 6.53. The van der Waals surface area contributed by atoms with Crippen molar-refractivity contribution in [2.24, 2.45) is 5.73 Å².